The quantitative estimate of drug-likeness (QED) is 0.492. The maximum atomic E-state index is 14.5. The Morgan fingerprint density at radius 3 is 2.52 bits per heavy atom. The van der Waals surface area contributed by atoms with Crippen LogP contribution >= 0.6 is 0 Å². The second-order valence-corrected chi connectivity index (χ2v) is 6.93. The Bertz CT molecular complexity index is 927. The maximum absolute atomic E-state index is 14.5. The first-order valence-corrected chi connectivity index (χ1v) is 9.46. The summed E-state index contributed by atoms with van der Waals surface area (Å²) in [6.07, 6.45) is 1.10. The number of hydrogen-bond acceptors (Lipinski definition) is 4. The van der Waals surface area contributed by atoms with Gasteiger partial charge in [-0.15, -0.1) is 0 Å². The van der Waals surface area contributed by atoms with E-state index in [1.165, 1.54) is 12.1 Å². The van der Waals surface area contributed by atoms with E-state index in [4.69, 9.17) is 5.73 Å². The summed E-state index contributed by atoms with van der Waals surface area (Å²) in [5.74, 6) is -1.32. The minimum absolute atomic E-state index is 0.334. The Morgan fingerprint density at radius 2 is 1.97 bits per heavy atom. The summed E-state index contributed by atoms with van der Waals surface area (Å²) >= 11 is 0. The smallest absolute Gasteiger partial charge is 0.250 e. The van der Waals surface area contributed by atoms with Crippen molar-refractivity contribution < 1.29 is 13.6 Å². The van der Waals surface area contributed by atoms with E-state index in [0.717, 1.165) is 25.6 Å². The van der Waals surface area contributed by atoms with E-state index in [2.05, 4.69) is 20.5 Å². The number of hydrogen-bond donors (Lipinski definition) is 3. The van der Waals surface area contributed by atoms with Gasteiger partial charge < -0.3 is 21.3 Å². The number of para-hydroxylation sites is 1. The molecule has 0 spiro atoms. The van der Waals surface area contributed by atoms with E-state index >= 15 is 0 Å². The normalized spacial score (nSPS) is 15.5. The summed E-state index contributed by atoms with van der Waals surface area (Å²) in [5, 5.41) is 6.29. The molecule has 1 heterocycles. The molecular formula is C21H25F2N5O. The van der Waals surface area contributed by atoms with Gasteiger partial charge in [0.1, 0.15) is 17.5 Å². The third kappa shape index (κ3) is 4.54. The van der Waals surface area contributed by atoms with Gasteiger partial charge in [0, 0.05) is 37.8 Å². The zero-order chi connectivity index (χ0) is 21.0. The van der Waals surface area contributed by atoms with Gasteiger partial charge in [-0.2, -0.15) is 0 Å². The first-order valence-electron chi connectivity index (χ1n) is 9.46. The number of rotatable bonds is 7. The lowest BCUT2D eigenvalue weighted by atomic mass is 10.0. The largest absolute Gasteiger partial charge is 0.387 e. The van der Waals surface area contributed by atoms with Gasteiger partial charge in [-0.25, -0.2) is 8.78 Å². The molecule has 1 aliphatic heterocycles. The molecule has 0 saturated carbocycles. The Morgan fingerprint density at radius 1 is 1.24 bits per heavy atom. The van der Waals surface area contributed by atoms with Gasteiger partial charge in [0.2, 0.25) is 0 Å². The maximum Gasteiger partial charge on any atom is 0.250 e. The molecule has 0 bridgehead atoms. The average Bonchev–Trinajstić information content (AvgIpc) is 2.66. The van der Waals surface area contributed by atoms with Crippen molar-refractivity contribution in [2.24, 2.45) is 10.7 Å². The number of nitrogens with zero attached hydrogens (tertiary/aromatic N) is 2. The van der Waals surface area contributed by atoms with Crippen molar-refractivity contribution in [3.8, 4) is 0 Å². The molecule has 0 aromatic heterocycles. The van der Waals surface area contributed by atoms with Gasteiger partial charge in [-0.1, -0.05) is 12.1 Å². The molecule has 6 nitrogen and oxygen atoms in total. The lowest BCUT2D eigenvalue weighted by molar-refractivity contribution is 0.100. The fraction of sp³-hybridized carbons (Fsp3) is 0.333. The van der Waals surface area contributed by atoms with Crippen molar-refractivity contribution in [3.63, 3.8) is 0 Å². The number of carbonyl (C=O) groups is 1. The van der Waals surface area contributed by atoms with Crippen LogP contribution in [0.3, 0.4) is 0 Å². The summed E-state index contributed by atoms with van der Waals surface area (Å²) in [6, 6.07) is 8.28. The molecule has 154 valence electrons. The number of amides is 1. The third-order valence-corrected chi connectivity index (χ3v) is 5.10. The van der Waals surface area contributed by atoms with Crippen LogP contribution in [0, 0.1) is 11.6 Å². The summed E-state index contributed by atoms with van der Waals surface area (Å²) in [5.41, 5.74) is 7.36. The highest BCUT2D eigenvalue weighted by molar-refractivity contribution is 6.09. The summed E-state index contributed by atoms with van der Waals surface area (Å²) < 4.78 is 27.9. The zero-order valence-corrected chi connectivity index (χ0v) is 16.5. The van der Waals surface area contributed by atoms with Gasteiger partial charge in [-0.05, 0) is 37.7 Å². The van der Waals surface area contributed by atoms with Crippen molar-refractivity contribution >= 4 is 17.4 Å². The SMILES string of the molecule is CN=C(NC(CN1CCC1)c1ccc(F)cc1F)c1cccc(C(N)=O)c1NC. The lowest BCUT2D eigenvalue weighted by Gasteiger charge is -2.35. The van der Waals surface area contributed by atoms with Crippen LogP contribution in [0.2, 0.25) is 0 Å². The van der Waals surface area contributed by atoms with Crippen LogP contribution in [0.5, 0.6) is 0 Å². The number of halogens is 2. The number of likely N-dealkylation sites (tertiary alicyclic amines) is 1. The topological polar surface area (TPSA) is 82.8 Å². The second-order valence-electron chi connectivity index (χ2n) is 6.93. The molecule has 1 amide bonds. The Labute approximate surface area is 168 Å². The fourth-order valence-corrected chi connectivity index (χ4v) is 3.48. The molecule has 0 radical (unpaired) electrons. The summed E-state index contributed by atoms with van der Waals surface area (Å²) in [4.78, 5) is 18.3. The molecule has 29 heavy (non-hydrogen) atoms. The van der Waals surface area contributed by atoms with Crippen LogP contribution in [0.1, 0.15) is 33.9 Å². The standard InChI is InChI=1S/C21H25F2N5O/c1-25-19-15(20(24)29)5-3-6-16(19)21(26-2)27-18(12-28-9-4-10-28)14-8-7-13(22)11-17(14)23/h3,5-8,11,18,25H,4,9-10,12H2,1-2H3,(H2,24,29)(H,26,27). The first-order chi connectivity index (χ1) is 13.9. The van der Waals surface area contributed by atoms with Crippen LogP contribution in [0.25, 0.3) is 0 Å². The number of aliphatic imine (C=N–C) groups is 1. The van der Waals surface area contributed by atoms with E-state index < -0.39 is 23.6 Å². The van der Waals surface area contributed by atoms with Crippen molar-refractivity contribution in [1.82, 2.24) is 10.2 Å². The first kappa shape index (κ1) is 20.7. The highest BCUT2D eigenvalue weighted by Gasteiger charge is 2.25. The van der Waals surface area contributed by atoms with Crippen LogP contribution in [-0.2, 0) is 0 Å². The van der Waals surface area contributed by atoms with Gasteiger partial charge in [-0.3, -0.25) is 9.79 Å². The fourth-order valence-electron chi connectivity index (χ4n) is 3.48. The van der Waals surface area contributed by atoms with Crippen LogP contribution in [-0.4, -0.2) is 50.4 Å². The molecule has 1 fully saturated rings. The monoisotopic (exact) mass is 401 g/mol. The van der Waals surface area contributed by atoms with E-state index in [-0.39, 0.29) is 0 Å². The summed E-state index contributed by atoms with van der Waals surface area (Å²) in [7, 11) is 3.30. The summed E-state index contributed by atoms with van der Waals surface area (Å²) in [6.45, 7) is 2.41. The molecule has 2 aromatic carbocycles. The molecule has 0 aliphatic carbocycles. The molecule has 1 unspecified atom stereocenters. The molecule has 1 aliphatic rings. The number of carbonyl (C=O) groups excluding carboxylic acids is 1. The number of anilines is 1. The van der Waals surface area contributed by atoms with Gasteiger partial charge in [0.25, 0.3) is 5.91 Å². The molecule has 2 aromatic rings. The molecule has 1 saturated heterocycles. The van der Waals surface area contributed by atoms with Gasteiger partial charge in [0.05, 0.1) is 17.3 Å². The lowest BCUT2D eigenvalue weighted by Crippen LogP contribution is -2.44. The average molecular weight is 401 g/mol. The molecule has 4 N–H and O–H groups in total. The predicted molar refractivity (Wildman–Crippen MR) is 110 cm³/mol. The number of nitrogens with two attached hydrogens (primary N) is 1. The highest BCUT2D eigenvalue weighted by atomic mass is 19.1. The predicted octanol–water partition coefficient (Wildman–Crippen LogP) is 2.52. The number of nitrogens with one attached hydrogen (secondary N) is 2. The Kier molecular flexibility index (Phi) is 6.43. The van der Waals surface area contributed by atoms with Crippen molar-refractivity contribution in [2.45, 2.75) is 12.5 Å². The second kappa shape index (κ2) is 9.00. The molecule has 1 atom stereocenters. The van der Waals surface area contributed by atoms with Crippen LogP contribution < -0.4 is 16.4 Å². The minimum Gasteiger partial charge on any atom is -0.387 e. The van der Waals surface area contributed by atoms with Crippen molar-refractivity contribution in [2.75, 3.05) is 39.0 Å². The minimum atomic E-state index is -0.620. The van der Waals surface area contributed by atoms with Crippen LogP contribution in [0.15, 0.2) is 41.4 Å². The number of benzene rings is 2. The molecule has 3 rings (SSSR count). The van der Waals surface area contributed by atoms with Crippen molar-refractivity contribution in [3.05, 3.63) is 64.7 Å². The third-order valence-electron chi connectivity index (χ3n) is 5.10. The zero-order valence-electron chi connectivity index (χ0n) is 16.5. The molecule has 8 heteroatoms. The van der Waals surface area contributed by atoms with E-state index in [1.54, 1.807) is 32.3 Å². The van der Waals surface area contributed by atoms with E-state index in [9.17, 15) is 13.6 Å². The van der Waals surface area contributed by atoms with Gasteiger partial charge in [0.15, 0.2) is 0 Å². The Balaban J connectivity index is 1.97. The van der Waals surface area contributed by atoms with Crippen molar-refractivity contribution in [1.29, 1.82) is 0 Å². The number of primary amides is 1. The number of amidine groups is 1. The Hall–Kier alpha value is -3.00. The van der Waals surface area contributed by atoms with E-state index in [1.807, 2.05) is 0 Å². The highest BCUT2D eigenvalue weighted by Crippen LogP contribution is 2.25. The van der Waals surface area contributed by atoms with Gasteiger partial charge >= 0.3 is 0 Å². The van der Waals surface area contributed by atoms with Crippen LogP contribution in [0.4, 0.5) is 14.5 Å². The van der Waals surface area contributed by atoms with E-state index in [0.29, 0.717) is 34.8 Å². The molecular weight excluding hydrogens is 376 g/mol.